The molecule has 0 unspecified atom stereocenters. The van der Waals surface area contributed by atoms with E-state index in [1.54, 1.807) is 12.1 Å². The van der Waals surface area contributed by atoms with Crippen LogP contribution in [0.25, 0.3) is 0 Å². The molecule has 1 fully saturated rings. The Hall–Kier alpha value is -3.19. The highest BCUT2D eigenvalue weighted by molar-refractivity contribution is 5.88. The summed E-state index contributed by atoms with van der Waals surface area (Å²) in [5.74, 6) is -0.823. The molecule has 38 heavy (non-hydrogen) atoms. The molecule has 2 aromatic carbocycles. The molecular weight excluding hydrogens is 478 g/mol. The van der Waals surface area contributed by atoms with Crippen molar-refractivity contribution in [1.29, 1.82) is 0 Å². The second-order valence-electron chi connectivity index (χ2n) is 10.3. The van der Waals surface area contributed by atoms with Crippen LogP contribution in [0.5, 0.6) is 0 Å². The highest BCUT2D eigenvalue weighted by Gasteiger charge is 2.27. The minimum Gasteiger partial charge on any atom is -0.390 e. The van der Waals surface area contributed by atoms with Crippen molar-refractivity contribution >= 4 is 17.7 Å². The Labute approximate surface area is 226 Å². The van der Waals surface area contributed by atoms with Crippen LogP contribution in [0.15, 0.2) is 60.7 Å². The number of aliphatic hydroxyl groups excluding tert-OH is 1. The van der Waals surface area contributed by atoms with Crippen molar-refractivity contribution in [2.45, 2.75) is 95.2 Å². The topological polar surface area (TPSA) is 108 Å². The summed E-state index contributed by atoms with van der Waals surface area (Å²) in [4.78, 5) is 38.8. The Morgan fingerprint density at radius 3 is 1.92 bits per heavy atom. The van der Waals surface area contributed by atoms with Gasteiger partial charge in [0.15, 0.2) is 0 Å². The lowest BCUT2D eigenvalue weighted by molar-refractivity contribution is -0.130. The highest BCUT2D eigenvalue weighted by Crippen LogP contribution is 2.16. The number of hydrogen-bond acceptors (Lipinski definition) is 4. The largest absolute Gasteiger partial charge is 0.390 e. The second kappa shape index (κ2) is 16.6. The molecule has 206 valence electrons. The first-order chi connectivity index (χ1) is 18.5. The van der Waals surface area contributed by atoms with Crippen LogP contribution in [0.1, 0.15) is 87.8 Å². The monoisotopic (exact) mass is 521 g/mol. The van der Waals surface area contributed by atoms with Gasteiger partial charge in [-0.25, -0.2) is 0 Å². The molecule has 3 atom stereocenters. The fourth-order valence-corrected chi connectivity index (χ4v) is 4.89. The number of aliphatic hydroxyl groups is 1. The summed E-state index contributed by atoms with van der Waals surface area (Å²) >= 11 is 0. The van der Waals surface area contributed by atoms with Gasteiger partial charge in [-0.15, -0.1) is 0 Å². The Morgan fingerprint density at radius 1 is 0.684 bits per heavy atom. The standard InChI is InChI=1S/C31H43N3O4/c35-27-23-29(37)34-30(25-18-12-9-13-19-25)31(38)32-21-15-7-5-3-1-2-4-6-14-20-28(36)33-26(27)22-24-16-10-8-11-17-24/h8-13,16-19,26-27,30,35H,1-7,14-15,20-23H2,(H,32,38)(H,33,36)(H,34,37)/t26-,27-,30-/m0/s1. The van der Waals surface area contributed by atoms with E-state index in [2.05, 4.69) is 16.0 Å². The van der Waals surface area contributed by atoms with Crippen LogP contribution in [0.2, 0.25) is 0 Å². The summed E-state index contributed by atoms with van der Waals surface area (Å²) in [5.41, 5.74) is 1.64. The van der Waals surface area contributed by atoms with Crippen molar-refractivity contribution < 1.29 is 19.5 Å². The fourth-order valence-electron chi connectivity index (χ4n) is 4.89. The lowest BCUT2D eigenvalue weighted by Crippen LogP contribution is -2.48. The molecule has 0 aliphatic carbocycles. The molecule has 1 saturated heterocycles. The molecule has 2 aromatic rings. The van der Waals surface area contributed by atoms with Gasteiger partial charge in [0.25, 0.3) is 0 Å². The summed E-state index contributed by atoms with van der Waals surface area (Å²) in [5, 5.41) is 19.8. The smallest absolute Gasteiger partial charge is 0.247 e. The lowest BCUT2D eigenvalue weighted by atomic mass is 9.98. The minimum atomic E-state index is -1.10. The van der Waals surface area contributed by atoms with Gasteiger partial charge in [-0.05, 0) is 30.4 Å². The molecular formula is C31H43N3O4. The number of carbonyl (C=O) groups excluding carboxylic acids is 3. The molecule has 0 saturated carbocycles. The fraction of sp³-hybridized carbons (Fsp3) is 0.516. The first kappa shape index (κ1) is 29.4. The predicted molar refractivity (Wildman–Crippen MR) is 149 cm³/mol. The number of amides is 3. The normalized spacial score (nSPS) is 23.8. The van der Waals surface area contributed by atoms with Gasteiger partial charge in [-0.3, -0.25) is 14.4 Å². The van der Waals surface area contributed by atoms with Crippen molar-refractivity contribution in [2.24, 2.45) is 0 Å². The van der Waals surface area contributed by atoms with Crippen LogP contribution < -0.4 is 16.0 Å². The summed E-state index contributed by atoms with van der Waals surface area (Å²) in [6.07, 6.45) is 9.03. The van der Waals surface area contributed by atoms with Gasteiger partial charge < -0.3 is 21.1 Å². The van der Waals surface area contributed by atoms with E-state index in [-0.39, 0.29) is 18.2 Å². The van der Waals surface area contributed by atoms with Gasteiger partial charge >= 0.3 is 0 Å². The molecule has 7 nitrogen and oxygen atoms in total. The van der Waals surface area contributed by atoms with Gasteiger partial charge in [-0.1, -0.05) is 106 Å². The molecule has 0 spiro atoms. The average molecular weight is 522 g/mol. The third kappa shape index (κ3) is 10.7. The van der Waals surface area contributed by atoms with E-state index in [1.165, 1.54) is 19.3 Å². The van der Waals surface area contributed by atoms with Gasteiger partial charge in [-0.2, -0.15) is 0 Å². The number of rotatable bonds is 3. The van der Waals surface area contributed by atoms with Crippen molar-refractivity contribution in [3.8, 4) is 0 Å². The summed E-state index contributed by atoms with van der Waals surface area (Å²) in [7, 11) is 0. The van der Waals surface area contributed by atoms with Crippen molar-refractivity contribution in [3.05, 3.63) is 71.8 Å². The van der Waals surface area contributed by atoms with E-state index in [0.29, 0.717) is 24.9 Å². The van der Waals surface area contributed by atoms with Crippen LogP contribution in [-0.2, 0) is 20.8 Å². The third-order valence-electron chi connectivity index (χ3n) is 7.08. The average Bonchev–Trinajstić information content (AvgIpc) is 2.92. The number of benzene rings is 2. The van der Waals surface area contributed by atoms with E-state index in [0.717, 1.165) is 44.1 Å². The van der Waals surface area contributed by atoms with E-state index >= 15 is 0 Å². The van der Waals surface area contributed by atoms with Crippen LogP contribution in [-0.4, -0.2) is 41.5 Å². The molecule has 0 bridgehead atoms. The maximum absolute atomic E-state index is 13.1. The molecule has 0 radical (unpaired) electrons. The van der Waals surface area contributed by atoms with Gasteiger partial charge in [0.05, 0.1) is 18.6 Å². The quantitative estimate of drug-likeness (QED) is 0.482. The van der Waals surface area contributed by atoms with Crippen molar-refractivity contribution in [3.63, 3.8) is 0 Å². The zero-order valence-electron chi connectivity index (χ0n) is 22.4. The molecule has 3 amide bonds. The van der Waals surface area contributed by atoms with E-state index in [1.807, 2.05) is 48.5 Å². The molecule has 7 heteroatoms. The second-order valence-corrected chi connectivity index (χ2v) is 10.3. The minimum absolute atomic E-state index is 0.113. The number of nitrogens with one attached hydrogen (secondary N) is 3. The van der Waals surface area contributed by atoms with E-state index in [9.17, 15) is 19.5 Å². The van der Waals surface area contributed by atoms with Gasteiger partial charge in [0.2, 0.25) is 17.7 Å². The summed E-state index contributed by atoms with van der Waals surface area (Å²) in [6, 6.07) is 17.3. The molecule has 4 N–H and O–H groups in total. The van der Waals surface area contributed by atoms with Crippen molar-refractivity contribution in [2.75, 3.05) is 6.54 Å². The van der Waals surface area contributed by atoms with Crippen LogP contribution in [0.4, 0.5) is 0 Å². The van der Waals surface area contributed by atoms with Crippen LogP contribution >= 0.6 is 0 Å². The first-order valence-corrected chi connectivity index (χ1v) is 14.2. The first-order valence-electron chi connectivity index (χ1n) is 14.2. The molecule has 1 heterocycles. The third-order valence-corrected chi connectivity index (χ3v) is 7.08. The van der Waals surface area contributed by atoms with E-state index in [4.69, 9.17) is 0 Å². The number of hydrogen-bond donors (Lipinski definition) is 4. The van der Waals surface area contributed by atoms with Crippen LogP contribution in [0.3, 0.4) is 0 Å². The number of carbonyl (C=O) groups is 3. The molecule has 1 aliphatic rings. The SMILES string of the molecule is O=C1C[C@H](O)[C@H](Cc2ccccc2)NC(=O)CCCCCCCCCCCNC(=O)[C@H](c2ccccc2)N1. The zero-order chi connectivity index (χ0) is 27.0. The Bertz CT molecular complexity index is 983. The predicted octanol–water partition coefficient (Wildman–Crippen LogP) is 4.35. The highest BCUT2D eigenvalue weighted by atomic mass is 16.3. The molecule has 1 aliphatic heterocycles. The molecule has 0 aromatic heterocycles. The Balaban J connectivity index is 1.73. The maximum atomic E-state index is 13.1. The zero-order valence-corrected chi connectivity index (χ0v) is 22.4. The maximum Gasteiger partial charge on any atom is 0.247 e. The Kier molecular flexibility index (Phi) is 12.8. The summed E-state index contributed by atoms with van der Waals surface area (Å²) < 4.78 is 0. The lowest BCUT2D eigenvalue weighted by Gasteiger charge is -2.25. The van der Waals surface area contributed by atoms with Gasteiger partial charge in [0.1, 0.15) is 6.04 Å². The molecule has 3 rings (SSSR count). The summed E-state index contributed by atoms with van der Waals surface area (Å²) in [6.45, 7) is 0.561. The van der Waals surface area contributed by atoms with Crippen molar-refractivity contribution in [1.82, 2.24) is 16.0 Å². The van der Waals surface area contributed by atoms with Gasteiger partial charge in [0, 0.05) is 13.0 Å². The van der Waals surface area contributed by atoms with Crippen LogP contribution in [0, 0.1) is 0 Å². The Morgan fingerprint density at radius 2 is 1.26 bits per heavy atom. The van der Waals surface area contributed by atoms with E-state index < -0.39 is 24.1 Å².